The van der Waals surface area contributed by atoms with Gasteiger partial charge in [-0.3, -0.25) is 9.59 Å². The van der Waals surface area contributed by atoms with Crippen LogP contribution >= 0.6 is 0 Å². The molecule has 2 heterocycles. The number of carboxylic acids is 1. The van der Waals surface area contributed by atoms with Crippen molar-refractivity contribution in [1.82, 2.24) is 4.90 Å². The first-order chi connectivity index (χ1) is 10.5. The van der Waals surface area contributed by atoms with Gasteiger partial charge in [-0.2, -0.15) is 0 Å². The summed E-state index contributed by atoms with van der Waals surface area (Å²) in [6, 6.07) is 5.05. The van der Waals surface area contributed by atoms with Crippen LogP contribution in [-0.2, 0) is 9.59 Å². The van der Waals surface area contributed by atoms with Crippen LogP contribution in [0.4, 0.5) is 11.4 Å². The van der Waals surface area contributed by atoms with Gasteiger partial charge in [0.05, 0.1) is 16.9 Å². The summed E-state index contributed by atoms with van der Waals surface area (Å²) >= 11 is 0. The Balaban J connectivity index is 2.07. The number of aliphatic imine (C=N–C) groups is 1. The fraction of sp³-hybridized carbons (Fsp3) is 0.333. The number of Topliss-reactive ketones (excluding diaryl/α,β-unsaturated/α-hetero) is 2. The van der Waals surface area contributed by atoms with Gasteiger partial charge in [0.15, 0.2) is 0 Å². The highest BCUT2D eigenvalue weighted by Crippen LogP contribution is 2.33. The van der Waals surface area contributed by atoms with E-state index in [4.69, 9.17) is 5.11 Å². The molecule has 7 heteroatoms. The maximum absolute atomic E-state index is 12.3. The average molecular weight is 301 g/mol. The smallest absolute Gasteiger partial charge is 0.358 e. The van der Waals surface area contributed by atoms with E-state index in [2.05, 4.69) is 9.89 Å². The second-order valence-electron chi connectivity index (χ2n) is 5.39. The van der Waals surface area contributed by atoms with Crippen molar-refractivity contribution in [2.75, 3.05) is 38.1 Å². The van der Waals surface area contributed by atoms with Gasteiger partial charge in [-0.05, 0) is 19.2 Å². The first-order valence-corrected chi connectivity index (χ1v) is 6.96. The molecule has 0 saturated carbocycles. The Bertz CT molecular complexity index is 703. The molecule has 1 fully saturated rings. The predicted molar refractivity (Wildman–Crippen MR) is 80.2 cm³/mol. The van der Waals surface area contributed by atoms with Crippen LogP contribution in [0.25, 0.3) is 0 Å². The van der Waals surface area contributed by atoms with Crippen molar-refractivity contribution in [3.05, 3.63) is 23.8 Å². The molecule has 0 unspecified atom stereocenters. The van der Waals surface area contributed by atoms with Crippen LogP contribution in [0, 0.1) is 0 Å². The quantitative estimate of drug-likeness (QED) is 0.793. The van der Waals surface area contributed by atoms with E-state index in [1.807, 2.05) is 11.9 Å². The highest BCUT2D eigenvalue weighted by atomic mass is 16.4. The largest absolute Gasteiger partial charge is 0.476 e. The number of hydrogen-bond donors (Lipinski definition) is 1. The molecule has 1 aromatic carbocycles. The molecule has 3 rings (SSSR count). The number of fused-ring (bicyclic) bond motifs is 1. The van der Waals surface area contributed by atoms with Gasteiger partial charge in [-0.25, -0.2) is 9.79 Å². The summed E-state index contributed by atoms with van der Waals surface area (Å²) in [6.45, 7) is 3.19. The van der Waals surface area contributed by atoms with E-state index < -0.39 is 23.2 Å². The molecule has 0 spiro atoms. The lowest BCUT2D eigenvalue weighted by Gasteiger charge is -2.35. The average Bonchev–Trinajstić information content (AvgIpc) is 2.50. The number of ketones is 2. The Morgan fingerprint density at radius 2 is 1.82 bits per heavy atom. The molecule has 22 heavy (non-hydrogen) atoms. The first kappa shape index (κ1) is 14.4. The van der Waals surface area contributed by atoms with Gasteiger partial charge in [0.2, 0.25) is 11.5 Å². The fourth-order valence-electron chi connectivity index (χ4n) is 2.70. The molecule has 114 valence electrons. The van der Waals surface area contributed by atoms with Gasteiger partial charge < -0.3 is 14.9 Å². The highest BCUT2D eigenvalue weighted by molar-refractivity contribution is 6.81. The number of anilines is 1. The molecule has 1 N–H and O–H groups in total. The minimum absolute atomic E-state index is 0.210. The van der Waals surface area contributed by atoms with Crippen molar-refractivity contribution in [2.45, 2.75) is 0 Å². The van der Waals surface area contributed by atoms with E-state index in [0.717, 1.165) is 26.2 Å². The van der Waals surface area contributed by atoms with Gasteiger partial charge >= 0.3 is 5.97 Å². The van der Waals surface area contributed by atoms with E-state index in [1.165, 1.54) is 0 Å². The standard InChI is InChI=1S/C15H15N3O4/c1-17-5-7-18(8-6-17)10-4-2-3-9-11(10)13(19)14(20)12(16-9)15(21)22/h2-4H,5-8H2,1H3,(H,21,22). The van der Waals surface area contributed by atoms with Gasteiger partial charge in [-0.1, -0.05) is 6.07 Å². The van der Waals surface area contributed by atoms with Crippen molar-refractivity contribution in [2.24, 2.45) is 4.99 Å². The van der Waals surface area contributed by atoms with Gasteiger partial charge in [-0.15, -0.1) is 0 Å². The molecule has 0 amide bonds. The summed E-state index contributed by atoms with van der Waals surface area (Å²) in [6.07, 6.45) is 0. The van der Waals surface area contributed by atoms with Crippen LogP contribution in [0.1, 0.15) is 10.4 Å². The molecule has 1 saturated heterocycles. The maximum Gasteiger partial charge on any atom is 0.358 e. The number of likely N-dealkylation sites (N-methyl/N-ethyl adjacent to an activating group) is 1. The first-order valence-electron chi connectivity index (χ1n) is 6.96. The second kappa shape index (κ2) is 5.34. The van der Waals surface area contributed by atoms with Gasteiger partial charge in [0, 0.05) is 26.2 Å². The zero-order valence-electron chi connectivity index (χ0n) is 12.1. The lowest BCUT2D eigenvalue weighted by molar-refractivity contribution is -0.130. The number of benzene rings is 1. The zero-order valence-corrected chi connectivity index (χ0v) is 12.1. The number of rotatable bonds is 2. The van der Waals surface area contributed by atoms with E-state index in [-0.39, 0.29) is 11.3 Å². The topological polar surface area (TPSA) is 90.3 Å². The summed E-state index contributed by atoms with van der Waals surface area (Å²) in [5.41, 5.74) is 0.394. The van der Waals surface area contributed by atoms with Crippen molar-refractivity contribution in [3.63, 3.8) is 0 Å². The molecule has 0 aliphatic carbocycles. The minimum Gasteiger partial charge on any atom is -0.476 e. The van der Waals surface area contributed by atoms with E-state index in [9.17, 15) is 14.4 Å². The number of hydrogen-bond acceptors (Lipinski definition) is 6. The summed E-state index contributed by atoms with van der Waals surface area (Å²) in [7, 11) is 2.02. The fourth-order valence-corrected chi connectivity index (χ4v) is 2.70. The van der Waals surface area contributed by atoms with E-state index in [0.29, 0.717) is 5.69 Å². The third-order valence-electron chi connectivity index (χ3n) is 3.95. The lowest BCUT2D eigenvalue weighted by atomic mass is 9.96. The van der Waals surface area contributed by atoms with Gasteiger partial charge in [0.25, 0.3) is 5.78 Å². The summed E-state index contributed by atoms with van der Waals surface area (Å²) in [5.74, 6) is -3.33. The monoisotopic (exact) mass is 301 g/mol. The van der Waals surface area contributed by atoms with Crippen molar-refractivity contribution < 1.29 is 19.5 Å². The number of carbonyl (C=O) groups excluding carboxylic acids is 2. The molecule has 2 aliphatic heterocycles. The molecule has 0 aromatic heterocycles. The van der Waals surface area contributed by atoms with Crippen LogP contribution in [0.5, 0.6) is 0 Å². The van der Waals surface area contributed by atoms with Crippen LogP contribution in [0.3, 0.4) is 0 Å². The Morgan fingerprint density at radius 1 is 1.14 bits per heavy atom. The SMILES string of the molecule is CN1CCN(c2cccc3c2C(=O)C(=O)C(C(=O)O)=N3)CC1. The summed E-state index contributed by atoms with van der Waals surface area (Å²) in [4.78, 5) is 43.3. The Hall–Kier alpha value is -2.54. The minimum atomic E-state index is -1.48. The maximum atomic E-state index is 12.3. The van der Waals surface area contributed by atoms with Crippen LogP contribution in [-0.4, -0.2) is 66.5 Å². The molecule has 0 radical (unpaired) electrons. The number of carboxylic acid groups (broad SMARTS) is 1. The number of piperazine rings is 1. The summed E-state index contributed by atoms with van der Waals surface area (Å²) in [5, 5.41) is 8.98. The van der Waals surface area contributed by atoms with Crippen LogP contribution in [0.2, 0.25) is 0 Å². The Labute approximate surface area is 126 Å². The van der Waals surface area contributed by atoms with E-state index in [1.54, 1.807) is 18.2 Å². The molecular formula is C15H15N3O4. The summed E-state index contributed by atoms with van der Waals surface area (Å²) < 4.78 is 0. The molecule has 0 atom stereocenters. The van der Waals surface area contributed by atoms with Gasteiger partial charge in [0.1, 0.15) is 0 Å². The highest BCUT2D eigenvalue weighted by Gasteiger charge is 2.36. The Morgan fingerprint density at radius 3 is 2.45 bits per heavy atom. The molecule has 7 nitrogen and oxygen atoms in total. The molecule has 0 bridgehead atoms. The van der Waals surface area contributed by atoms with Crippen LogP contribution in [0.15, 0.2) is 23.2 Å². The second-order valence-corrected chi connectivity index (χ2v) is 5.39. The molecule has 2 aliphatic rings. The van der Waals surface area contributed by atoms with Crippen molar-refractivity contribution in [3.8, 4) is 0 Å². The van der Waals surface area contributed by atoms with Crippen LogP contribution < -0.4 is 4.90 Å². The number of carbonyl (C=O) groups is 3. The lowest BCUT2D eigenvalue weighted by Crippen LogP contribution is -2.45. The molecular weight excluding hydrogens is 286 g/mol. The zero-order chi connectivity index (χ0) is 15.9. The third kappa shape index (κ3) is 2.29. The predicted octanol–water partition coefficient (Wildman–Crippen LogP) is 0.361. The van der Waals surface area contributed by atoms with Crippen molar-refractivity contribution in [1.29, 1.82) is 0 Å². The third-order valence-corrected chi connectivity index (χ3v) is 3.95. The Kier molecular flexibility index (Phi) is 3.50. The normalized spacial score (nSPS) is 19.0. The molecule has 1 aromatic rings. The number of nitrogens with zero attached hydrogens (tertiary/aromatic N) is 3. The van der Waals surface area contributed by atoms with Crippen molar-refractivity contribution >= 4 is 34.6 Å². The number of aliphatic carboxylic acids is 1. The van der Waals surface area contributed by atoms with E-state index >= 15 is 0 Å².